The highest BCUT2D eigenvalue weighted by molar-refractivity contribution is 7.89. The molecular weight excluding hydrogens is 415 g/mol. The van der Waals surface area contributed by atoms with E-state index in [1.807, 2.05) is 32.4 Å². The van der Waals surface area contributed by atoms with Crippen LogP contribution in [0.1, 0.15) is 47.0 Å². The number of piperidine rings is 1. The Morgan fingerprint density at radius 1 is 1.27 bits per heavy atom. The highest BCUT2D eigenvalue weighted by atomic mass is 32.2. The van der Waals surface area contributed by atoms with Gasteiger partial charge in [-0.1, -0.05) is 13.0 Å². The lowest BCUT2D eigenvalue weighted by Crippen LogP contribution is -2.43. The maximum absolute atomic E-state index is 14.5. The van der Waals surface area contributed by atoms with Gasteiger partial charge >= 0.3 is 6.09 Å². The van der Waals surface area contributed by atoms with Crippen molar-refractivity contribution in [3.05, 3.63) is 11.6 Å². The molecule has 0 aromatic rings. The third-order valence-corrected chi connectivity index (χ3v) is 5.71. The van der Waals surface area contributed by atoms with Crippen molar-refractivity contribution in [2.45, 2.75) is 64.8 Å². The van der Waals surface area contributed by atoms with E-state index >= 15 is 0 Å². The highest BCUT2D eigenvalue weighted by Crippen LogP contribution is 2.30. The first-order valence-corrected chi connectivity index (χ1v) is 12.1. The lowest BCUT2D eigenvalue weighted by molar-refractivity contribution is -0.117. The fourth-order valence-corrected chi connectivity index (χ4v) is 4.03. The summed E-state index contributed by atoms with van der Waals surface area (Å²) in [6.45, 7) is 8.94. The molecule has 3 atom stereocenters. The number of amides is 2. The number of carbonyl (C=O) groups is 2. The van der Waals surface area contributed by atoms with E-state index in [0.29, 0.717) is 19.7 Å². The van der Waals surface area contributed by atoms with Crippen LogP contribution < -0.4 is 4.72 Å². The monoisotopic (exact) mass is 448 g/mol. The molecule has 0 spiro atoms. The summed E-state index contributed by atoms with van der Waals surface area (Å²) in [7, 11) is -3.75. The first kappa shape index (κ1) is 24.6. The standard InChI is InChI=1S/C20H33FN2O6S/c1-13-10-15(18(24)22-30(5,26)27)16(21)11-17(13)28-12-14-6-8-23(9-7-14)19(25)29-20(2,3)4/h10,13-14,16-17H,6-9,11-12H2,1-5H3,(H,22,24). The van der Waals surface area contributed by atoms with Gasteiger partial charge in [0.2, 0.25) is 10.0 Å². The molecule has 0 saturated carbocycles. The van der Waals surface area contributed by atoms with Crippen LogP contribution in [0.4, 0.5) is 9.18 Å². The van der Waals surface area contributed by atoms with Crippen molar-refractivity contribution in [2.24, 2.45) is 11.8 Å². The van der Waals surface area contributed by atoms with E-state index in [1.165, 1.54) is 6.08 Å². The molecule has 2 rings (SSSR count). The van der Waals surface area contributed by atoms with Crippen molar-refractivity contribution >= 4 is 22.0 Å². The summed E-state index contributed by atoms with van der Waals surface area (Å²) in [6, 6.07) is 0. The van der Waals surface area contributed by atoms with Gasteiger partial charge in [0.05, 0.1) is 12.4 Å². The number of carbonyl (C=O) groups excluding carboxylic acids is 2. The predicted molar refractivity (Wildman–Crippen MR) is 110 cm³/mol. The average Bonchev–Trinajstić information content (AvgIpc) is 2.59. The summed E-state index contributed by atoms with van der Waals surface area (Å²) in [5.41, 5.74) is -0.694. The smallest absolute Gasteiger partial charge is 0.410 e. The summed E-state index contributed by atoms with van der Waals surface area (Å²) in [5, 5.41) is 0. The number of nitrogens with one attached hydrogen (secondary N) is 1. The number of hydrogen-bond donors (Lipinski definition) is 1. The molecule has 2 aliphatic rings. The molecule has 8 nitrogen and oxygen atoms in total. The van der Waals surface area contributed by atoms with Crippen LogP contribution in [0.3, 0.4) is 0 Å². The number of likely N-dealkylation sites (tertiary alicyclic amines) is 1. The van der Waals surface area contributed by atoms with Gasteiger partial charge in [-0.3, -0.25) is 4.79 Å². The molecule has 172 valence electrons. The Morgan fingerprint density at radius 2 is 1.87 bits per heavy atom. The third kappa shape index (κ3) is 7.54. The van der Waals surface area contributed by atoms with Gasteiger partial charge in [0.15, 0.2) is 0 Å². The zero-order valence-electron chi connectivity index (χ0n) is 18.3. The Balaban J connectivity index is 1.82. The lowest BCUT2D eigenvalue weighted by atomic mass is 9.87. The Bertz CT molecular complexity index is 769. The molecule has 3 unspecified atom stereocenters. The summed E-state index contributed by atoms with van der Waals surface area (Å²) in [4.78, 5) is 25.8. The topological polar surface area (TPSA) is 102 Å². The quantitative estimate of drug-likeness (QED) is 0.693. The van der Waals surface area contributed by atoms with E-state index in [-0.39, 0.29) is 29.9 Å². The zero-order valence-corrected chi connectivity index (χ0v) is 19.1. The molecule has 0 radical (unpaired) electrons. The molecule has 30 heavy (non-hydrogen) atoms. The van der Waals surface area contributed by atoms with E-state index in [0.717, 1.165) is 19.1 Å². The minimum absolute atomic E-state index is 0.000928. The molecule has 1 heterocycles. The molecule has 10 heteroatoms. The van der Waals surface area contributed by atoms with Crippen LogP contribution in [0, 0.1) is 11.8 Å². The fraction of sp³-hybridized carbons (Fsp3) is 0.800. The predicted octanol–water partition coefficient (Wildman–Crippen LogP) is 2.40. The van der Waals surface area contributed by atoms with E-state index < -0.39 is 33.8 Å². The molecule has 2 amide bonds. The van der Waals surface area contributed by atoms with E-state index in [9.17, 15) is 22.4 Å². The Morgan fingerprint density at radius 3 is 2.40 bits per heavy atom. The Kier molecular flexibility index (Phi) is 7.90. The van der Waals surface area contributed by atoms with Gasteiger partial charge < -0.3 is 14.4 Å². The molecule has 1 saturated heterocycles. The fourth-order valence-electron chi connectivity index (χ4n) is 3.57. The highest BCUT2D eigenvalue weighted by Gasteiger charge is 2.34. The molecule has 1 aliphatic carbocycles. The molecular formula is C20H33FN2O6S. The van der Waals surface area contributed by atoms with E-state index in [2.05, 4.69) is 0 Å². The minimum Gasteiger partial charge on any atom is -0.444 e. The van der Waals surface area contributed by atoms with Crippen LogP contribution >= 0.6 is 0 Å². The zero-order chi connectivity index (χ0) is 22.7. The number of alkyl halides is 1. The molecule has 1 fully saturated rings. The van der Waals surface area contributed by atoms with Crippen LogP contribution in [0.2, 0.25) is 0 Å². The summed E-state index contributed by atoms with van der Waals surface area (Å²) in [5.74, 6) is -0.892. The molecule has 1 N–H and O–H groups in total. The summed E-state index contributed by atoms with van der Waals surface area (Å²) < 4.78 is 50.0. The van der Waals surface area contributed by atoms with Gasteiger partial charge in [0, 0.05) is 37.6 Å². The van der Waals surface area contributed by atoms with Gasteiger partial charge in [-0.05, 0) is 39.5 Å². The first-order valence-electron chi connectivity index (χ1n) is 10.2. The van der Waals surface area contributed by atoms with Gasteiger partial charge in [-0.25, -0.2) is 22.3 Å². The van der Waals surface area contributed by atoms with Crippen molar-refractivity contribution in [3.8, 4) is 0 Å². The second-order valence-electron chi connectivity index (χ2n) is 9.17. The van der Waals surface area contributed by atoms with Crippen LogP contribution in [0.25, 0.3) is 0 Å². The van der Waals surface area contributed by atoms with Crippen molar-refractivity contribution in [3.63, 3.8) is 0 Å². The van der Waals surface area contributed by atoms with Crippen LogP contribution in [-0.4, -0.2) is 69.1 Å². The van der Waals surface area contributed by atoms with Crippen molar-refractivity contribution < 1.29 is 31.9 Å². The summed E-state index contributed by atoms with van der Waals surface area (Å²) >= 11 is 0. The minimum atomic E-state index is -3.75. The average molecular weight is 449 g/mol. The largest absolute Gasteiger partial charge is 0.444 e. The van der Waals surface area contributed by atoms with E-state index in [1.54, 1.807) is 4.90 Å². The molecule has 1 aliphatic heterocycles. The Hall–Kier alpha value is -1.68. The molecule has 0 aromatic carbocycles. The number of hydrogen-bond acceptors (Lipinski definition) is 6. The maximum Gasteiger partial charge on any atom is 0.410 e. The van der Waals surface area contributed by atoms with Gasteiger partial charge in [0.25, 0.3) is 5.91 Å². The van der Waals surface area contributed by atoms with Crippen molar-refractivity contribution in [2.75, 3.05) is 26.0 Å². The third-order valence-electron chi connectivity index (χ3n) is 5.16. The SMILES string of the molecule is CC1C=C(C(=O)NS(C)(=O)=O)C(F)CC1OCC1CCN(C(=O)OC(C)(C)C)CC1. The second kappa shape index (κ2) is 9.64. The molecule has 0 bridgehead atoms. The lowest BCUT2D eigenvalue weighted by Gasteiger charge is -2.35. The number of sulfonamides is 1. The maximum atomic E-state index is 14.5. The molecule has 0 aromatic heterocycles. The van der Waals surface area contributed by atoms with Crippen molar-refractivity contribution in [1.82, 2.24) is 9.62 Å². The van der Waals surface area contributed by atoms with Crippen LogP contribution in [0.5, 0.6) is 0 Å². The van der Waals surface area contributed by atoms with E-state index in [4.69, 9.17) is 9.47 Å². The van der Waals surface area contributed by atoms with Gasteiger partial charge in [0.1, 0.15) is 11.8 Å². The van der Waals surface area contributed by atoms with Crippen LogP contribution in [-0.2, 0) is 24.3 Å². The first-order chi connectivity index (χ1) is 13.7. The van der Waals surface area contributed by atoms with Crippen molar-refractivity contribution in [1.29, 1.82) is 0 Å². The van der Waals surface area contributed by atoms with Crippen LogP contribution in [0.15, 0.2) is 11.6 Å². The number of halogens is 1. The normalized spacial score (nSPS) is 26.1. The second-order valence-corrected chi connectivity index (χ2v) is 10.9. The number of rotatable bonds is 5. The van der Waals surface area contributed by atoms with Gasteiger partial charge in [-0.2, -0.15) is 0 Å². The number of nitrogens with zero attached hydrogens (tertiary/aromatic N) is 1. The number of ether oxygens (including phenoxy) is 2. The Labute approximate surface area is 178 Å². The summed E-state index contributed by atoms with van der Waals surface area (Å²) in [6.07, 6.45) is 1.57. The van der Waals surface area contributed by atoms with Gasteiger partial charge in [-0.15, -0.1) is 0 Å².